The Balaban J connectivity index is 2.73. The summed E-state index contributed by atoms with van der Waals surface area (Å²) in [6.45, 7) is 17.2. The molecule has 0 saturated heterocycles. The fourth-order valence-corrected chi connectivity index (χ4v) is 2.08. The first-order chi connectivity index (χ1) is 8.02. The van der Waals surface area contributed by atoms with Gasteiger partial charge >= 0.3 is 0 Å². The van der Waals surface area contributed by atoms with Gasteiger partial charge in [0, 0.05) is 24.3 Å². The summed E-state index contributed by atoms with van der Waals surface area (Å²) in [5.41, 5.74) is 2.60. The molecule has 104 valence electrons. The molecule has 3 nitrogen and oxygen atoms in total. The zero-order chi connectivity index (χ0) is 14.1. The quantitative estimate of drug-likeness (QED) is 0.918. The van der Waals surface area contributed by atoms with Crippen molar-refractivity contribution >= 4 is 15.9 Å². The van der Waals surface area contributed by atoms with Crippen molar-refractivity contribution in [1.82, 2.24) is 15.1 Å². The molecule has 1 aromatic rings. The van der Waals surface area contributed by atoms with Crippen molar-refractivity contribution in [2.45, 2.75) is 60.5 Å². The molecule has 0 atom stereocenters. The molecule has 0 aliphatic heterocycles. The van der Waals surface area contributed by atoms with E-state index in [1.165, 1.54) is 5.69 Å². The molecule has 0 amide bonds. The molecule has 1 heterocycles. The van der Waals surface area contributed by atoms with E-state index in [2.05, 4.69) is 72.6 Å². The molecule has 1 N–H and O–H groups in total. The Hall–Kier alpha value is -0.350. The summed E-state index contributed by atoms with van der Waals surface area (Å²) < 4.78 is 3.23. The first-order valence-corrected chi connectivity index (χ1v) is 7.26. The minimum Gasteiger partial charge on any atom is -0.311 e. The lowest BCUT2D eigenvalue weighted by Crippen LogP contribution is -2.43. The van der Waals surface area contributed by atoms with Gasteiger partial charge in [0.25, 0.3) is 0 Å². The highest BCUT2D eigenvalue weighted by Crippen LogP contribution is 2.24. The fourth-order valence-electron chi connectivity index (χ4n) is 1.79. The third-order valence-corrected chi connectivity index (χ3v) is 4.12. The zero-order valence-corrected chi connectivity index (χ0v) is 14.3. The Morgan fingerprint density at radius 1 is 1.17 bits per heavy atom. The largest absolute Gasteiger partial charge is 0.311 e. The molecule has 0 saturated carbocycles. The van der Waals surface area contributed by atoms with Gasteiger partial charge in [0.15, 0.2) is 0 Å². The highest BCUT2D eigenvalue weighted by atomic mass is 79.9. The molecule has 1 aromatic heterocycles. The first-order valence-electron chi connectivity index (χ1n) is 6.46. The van der Waals surface area contributed by atoms with Crippen LogP contribution in [0.25, 0.3) is 0 Å². The van der Waals surface area contributed by atoms with Gasteiger partial charge < -0.3 is 5.32 Å². The predicted molar refractivity (Wildman–Crippen MR) is 80.9 cm³/mol. The second kappa shape index (κ2) is 5.33. The lowest BCUT2D eigenvalue weighted by atomic mass is 9.92. The number of aromatic nitrogens is 2. The van der Waals surface area contributed by atoms with Crippen LogP contribution in [-0.4, -0.2) is 21.9 Å². The number of rotatable bonds is 4. The zero-order valence-electron chi connectivity index (χ0n) is 12.7. The van der Waals surface area contributed by atoms with Crippen LogP contribution in [0, 0.1) is 19.3 Å². The monoisotopic (exact) mass is 315 g/mol. The van der Waals surface area contributed by atoms with E-state index in [-0.39, 0.29) is 11.0 Å². The Morgan fingerprint density at radius 2 is 1.72 bits per heavy atom. The van der Waals surface area contributed by atoms with Crippen molar-refractivity contribution in [1.29, 1.82) is 0 Å². The Kier molecular flexibility index (Phi) is 4.65. The maximum Gasteiger partial charge on any atom is 0.0738 e. The third-order valence-electron chi connectivity index (χ3n) is 2.97. The second-order valence-electron chi connectivity index (χ2n) is 6.91. The average molecular weight is 316 g/mol. The van der Waals surface area contributed by atoms with Gasteiger partial charge in [0.1, 0.15) is 0 Å². The molecule has 0 unspecified atom stereocenters. The van der Waals surface area contributed by atoms with Crippen LogP contribution in [0.3, 0.4) is 0 Å². The summed E-state index contributed by atoms with van der Waals surface area (Å²) in [5.74, 6) is 0. The van der Waals surface area contributed by atoms with E-state index < -0.39 is 0 Å². The molecule has 0 aliphatic carbocycles. The normalized spacial score (nSPS) is 13.1. The van der Waals surface area contributed by atoms with Crippen molar-refractivity contribution in [2.24, 2.45) is 5.41 Å². The van der Waals surface area contributed by atoms with E-state index in [4.69, 9.17) is 0 Å². The van der Waals surface area contributed by atoms with Crippen LogP contribution in [0.4, 0.5) is 0 Å². The summed E-state index contributed by atoms with van der Waals surface area (Å²) in [7, 11) is 0. The summed E-state index contributed by atoms with van der Waals surface area (Å²) in [5, 5.41) is 8.15. The number of nitrogens with one attached hydrogen (secondary N) is 1. The SMILES string of the molecule is Cc1nn(CC(C)(C)CNC(C)(C)C)c(C)c1Br. The lowest BCUT2D eigenvalue weighted by Gasteiger charge is -2.30. The summed E-state index contributed by atoms with van der Waals surface area (Å²) in [4.78, 5) is 0. The van der Waals surface area contributed by atoms with Crippen molar-refractivity contribution in [2.75, 3.05) is 6.54 Å². The number of hydrogen-bond acceptors (Lipinski definition) is 2. The molecular formula is C14H26BrN3. The van der Waals surface area contributed by atoms with Crippen LogP contribution in [0.2, 0.25) is 0 Å². The Bertz CT molecular complexity index is 413. The molecule has 0 radical (unpaired) electrons. The molecule has 0 aliphatic rings. The van der Waals surface area contributed by atoms with Crippen molar-refractivity contribution < 1.29 is 0 Å². The van der Waals surface area contributed by atoms with Gasteiger partial charge in [-0.2, -0.15) is 5.10 Å². The van der Waals surface area contributed by atoms with E-state index in [1.807, 2.05) is 6.92 Å². The molecule has 18 heavy (non-hydrogen) atoms. The maximum absolute atomic E-state index is 4.58. The van der Waals surface area contributed by atoms with Crippen LogP contribution >= 0.6 is 15.9 Å². The van der Waals surface area contributed by atoms with Gasteiger partial charge in [-0.1, -0.05) is 13.8 Å². The molecule has 1 rings (SSSR count). The Morgan fingerprint density at radius 3 is 2.11 bits per heavy atom. The lowest BCUT2D eigenvalue weighted by molar-refractivity contribution is 0.244. The first kappa shape index (κ1) is 15.7. The van der Waals surface area contributed by atoms with Gasteiger partial charge in [-0.15, -0.1) is 0 Å². The van der Waals surface area contributed by atoms with E-state index >= 15 is 0 Å². The van der Waals surface area contributed by atoms with E-state index in [0.29, 0.717) is 0 Å². The van der Waals surface area contributed by atoms with Crippen LogP contribution < -0.4 is 5.32 Å². The number of hydrogen-bond donors (Lipinski definition) is 1. The fraction of sp³-hybridized carbons (Fsp3) is 0.786. The predicted octanol–water partition coefficient (Wildman–Crippen LogP) is 3.68. The maximum atomic E-state index is 4.58. The summed E-state index contributed by atoms with van der Waals surface area (Å²) in [6.07, 6.45) is 0. The minimum atomic E-state index is 0.160. The highest BCUT2D eigenvalue weighted by molar-refractivity contribution is 9.10. The van der Waals surface area contributed by atoms with Gasteiger partial charge in [-0.3, -0.25) is 4.68 Å². The van der Waals surface area contributed by atoms with E-state index in [1.54, 1.807) is 0 Å². The molecule has 0 spiro atoms. The van der Waals surface area contributed by atoms with Crippen molar-refractivity contribution in [3.8, 4) is 0 Å². The second-order valence-corrected chi connectivity index (χ2v) is 7.70. The number of aryl methyl sites for hydroxylation is 1. The van der Waals surface area contributed by atoms with Gasteiger partial charge in [-0.25, -0.2) is 0 Å². The van der Waals surface area contributed by atoms with Crippen LogP contribution in [0.15, 0.2) is 4.47 Å². The van der Waals surface area contributed by atoms with E-state index in [9.17, 15) is 0 Å². The molecular weight excluding hydrogens is 290 g/mol. The van der Waals surface area contributed by atoms with Gasteiger partial charge in [0.05, 0.1) is 10.2 Å². The Labute approximate surface area is 119 Å². The summed E-state index contributed by atoms with van der Waals surface area (Å²) in [6, 6.07) is 0. The summed E-state index contributed by atoms with van der Waals surface area (Å²) >= 11 is 3.58. The van der Waals surface area contributed by atoms with Gasteiger partial charge in [-0.05, 0) is 56.0 Å². The number of halogens is 1. The van der Waals surface area contributed by atoms with Crippen molar-refractivity contribution in [3.05, 3.63) is 15.9 Å². The standard InChI is InChI=1S/C14H26BrN3/c1-10-12(15)11(2)18(17-10)9-14(6,7)8-16-13(3,4)5/h16H,8-9H2,1-7H3. The van der Waals surface area contributed by atoms with Crippen LogP contribution in [0.1, 0.15) is 46.0 Å². The van der Waals surface area contributed by atoms with Crippen molar-refractivity contribution in [3.63, 3.8) is 0 Å². The average Bonchev–Trinajstić information content (AvgIpc) is 2.42. The number of nitrogens with zero attached hydrogens (tertiary/aromatic N) is 2. The molecule has 4 heteroatoms. The van der Waals surface area contributed by atoms with Crippen LogP contribution in [0.5, 0.6) is 0 Å². The smallest absolute Gasteiger partial charge is 0.0738 e. The molecule has 0 bridgehead atoms. The van der Waals surface area contributed by atoms with Crippen LogP contribution in [-0.2, 0) is 6.54 Å². The minimum absolute atomic E-state index is 0.160. The van der Waals surface area contributed by atoms with Gasteiger partial charge in [0.2, 0.25) is 0 Å². The molecule has 0 aromatic carbocycles. The molecule has 0 fully saturated rings. The van der Waals surface area contributed by atoms with E-state index in [0.717, 1.165) is 23.3 Å². The highest BCUT2D eigenvalue weighted by Gasteiger charge is 2.23. The topological polar surface area (TPSA) is 29.9 Å². The third kappa shape index (κ3) is 4.39.